The van der Waals surface area contributed by atoms with E-state index in [1.807, 2.05) is 19.9 Å². The Balaban J connectivity index is 3.14. The molecule has 0 aliphatic rings. The summed E-state index contributed by atoms with van der Waals surface area (Å²) in [4.78, 5) is 4.47. The third-order valence-corrected chi connectivity index (χ3v) is 2.26. The van der Waals surface area contributed by atoms with Crippen molar-refractivity contribution in [2.75, 3.05) is 0 Å². The van der Waals surface area contributed by atoms with Crippen LogP contribution in [0.2, 0.25) is 0 Å². The zero-order chi connectivity index (χ0) is 9.84. The van der Waals surface area contributed by atoms with Crippen LogP contribution in [0.25, 0.3) is 0 Å². The van der Waals surface area contributed by atoms with E-state index >= 15 is 0 Å². The van der Waals surface area contributed by atoms with Gasteiger partial charge in [-0.25, -0.2) is 0 Å². The fraction of sp³-hybridized carbons (Fsp3) is 0.364. The van der Waals surface area contributed by atoms with Crippen molar-refractivity contribution in [2.24, 2.45) is 4.99 Å². The molecule has 1 aromatic carbocycles. The predicted molar refractivity (Wildman–Crippen MR) is 62.0 cm³/mol. The molecular formula is C11H14BrN. The molecule has 0 spiro atoms. The summed E-state index contributed by atoms with van der Waals surface area (Å²) in [6.45, 7) is 6.18. The largest absolute Gasteiger partial charge is 0.258 e. The lowest BCUT2D eigenvalue weighted by atomic mass is 10.1. The first-order chi connectivity index (χ1) is 6.13. The van der Waals surface area contributed by atoms with Gasteiger partial charge in [0.15, 0.2) is 0 Å². The minimum absolute atomic E-state index is 1.02. The van der Waals surface area contributed by atoms with Crippen LogP contribution in [0.1, 0.15) is 26.3 Å². The van der Waals surface area contributed by atoms with Gasteiger partial charge in [0, 0.05) is 10.2 Å². The molecule has 1 nitrogen and oxygen atoms in total. The number of hydrogen-bond acceptors (Lipinski definition) is 1. The minimum atomic E-state index is 1.02. The second-order valence-corrected chi connectivity index (χ2v) is 4.10. The van der Waals surface area contributed by atoms with Gasteiger partial charge in [-0.1, -0.05) is 22.9 Å². The lowest BCUT2D eigenvalue weighted by Gasteiger charge is -2.03. The van der Waals surface area contributed by atoms with E-state index in [1.165, 1.54) is 5.56 Å². The lowest BCUT2D eigenvalue weighted by molar-refractivity contribution is 1.13. The molecule has 13 heavy (non-hydrogen) atoms. The average molecular weight is 240 g/mol. The summed E-state index contributed by atoms with van der Waals surface area (Å²) < 4.78 is 1.12. The van der Waals surface area contributed by atoms with E-state index in [4.69, 9.17) is 0 Å². The first kappa shape index (κ1) is 10.5. The monoisotopic (exact) mass is 239 g/mol. The fourth-order valence-corrected chi connectivity index (χ4v) is 1.60. The molecule has 0 aliphatic heterocycles. The Morgan fingerprint density at radius 1 is 1.38 bits per heavy atom. The summed E-state index contributed by atoms with van der Waals surface area (Å²) in [6.07, 6.45) is 1.02. The van der Waals surface area contributed by atoms with Gasteiger partial charge in [-0.3, -0.25) is 4.99 Å². The van der Waals surface area contributed by atoms with Gasteiger partial charge < -0.3 is 0 Å². The fourth-order valence-electron chi connectivity index (χ4n) is 1.19. The Morgan fingerprint density at radius 3 is 2.62 bits per heavy atom. The third-order valence-electron chi connectivity index (χ3n) is 1.77. The van der Waals surface area contributed by atoms with E-state index < -0.39 is 0 Å². The van der Waals surface area contributed by atoms with Crippen LogP contribution in [-0.2, 0) is 6.42 Å². The summed E-state index contributed by atoms with van der Waals surface area (Å²) in [7, 11) is 0. The van der Waals surface area contributed by atoms with E-state index in [9.17, 15) is 0 Å². The molecule has 0 amide bonds. The van der Waals surface area contributed by atoms with Crippen molar-refractivity contribution in [3.05, 3.63) is 28.2 Å². The number of halogens is 1. The standard InChI is InChI=1S/C11H14BrN/c1-4-9-7-10(12)5-6-11(9)13-8(2)3/h5-7H,4H2,1-3H3. The van der Waals surface area contributed by atoms with E-state index in [2.05, 4.69) is 40.0 Å². The Morgan fingerprint density at radius 2 is 2.08 bits per heavy atom. The molecule has 0 saturated carbocycles. The molecule has 1 rings (SSSR count). The number of hydrogen-bond donors (Lipinski definition) is 0. The van der Waals surface area contributed by atoms with E-state index in [0.29, 0.717) is 0 Å². The molecule has 0 bridgehead atoms. The van der Waals surface area contributed by atoms with Crippen LogP contribution >= 0.6 is 15.9 Å². The first-order valence-electron chi connectivity index (χ1n) is 4.43. The van der Waals surface area contributed by atoms with Gasteiger partial charge in [-0.2, -0.15) is 0 Å². The normalized spacial score (nSPS) is 9.85. The maximum Gasteiger partial charge on any atom is 0.0661 e. The number of aryl methyl sites for hydroxylation is 1. The molecule has 0 aromatic heterocycles. The molecule has 1 aromatic rings. The van der Waals surface area contributed by atoms with Crippen LogP contribution in [0.3, 0.4) is 0 Å². The van der Waals surface area contributed by atoms with Gasteiger partial charge in [0.25, 0.3) is 0 Å². The van der Waals surface area contributed by atoms with Gasteiger partial charge >= 0.3 is 0 Å². The molecule has 70 valence electrons. The number of nitrogens with zero attached hydrogens (tertiary/aromatic N) is 1. The number of benzene rings is 1. The second-order valence-electron chi connectivity index (χ2n) is 3.19. The number of rotatable bonds is 2. The van der Waals surface area contributed by atoms with Crippen LogP contribution in [0.4, 0.5) is 5.69 Å². The number of aliphatic imine (C=N–C) groups is 1. The van der Waals surface area contributed by atoms with E-state index in [-0.39, 0.29) is 0 Å². The maximum atomic E-state index is 4.47. The Kier molecular flexibility index (Phi) is 3.67. The van der Waals surface area contributed by atoms with Crippen LogP contribution in [0, 0.1) is 0 Å². The topological polar surface area (TPSA) is 12.4 Å². The van der Waals surface area contributed by atoms with Crippen LogP contribution in [0.15, 0.2) is 27.7 Å². The highest BCUT2D eigenvalue weighted by atomic mass is 79.9. The van der Waals surface area contributed by atoms with Gasteiger partial charge in [-0.05, 0) is 44.0 Å². The smallest absolute Gasteiger partial charge is 0.0661 e. The highest BCUT2D eigenvalue weighted by Crippen LogP contribution is 2.24. The van der Waals surface area contributed by atoms with Crippen molar-refractivity contribution in [3.63, 3.8) is 0 Å². The van der Waals surface area contributed by atoms with Gasteiger partial charge in [0.05, 0.1) is 5.69 Å². The summed E-state index contributed by atoms with van der Waals surface area (Å²) >= 11 is 3.45. The molecule has 0 unspecified atom stereocenters. The van der Waals surface area contributed by atoms with Crippen LogP contribution in [0.5, 0.6) is 0 Å². The van der Waals surface area contributed by atoms with E-state index in [0.717, 1.165) is 22.3 Å². The van der Waals surface area contributed by atoms with Crippen molar-refractivity contribution in [1.29, 1.82) is 0 Å². The second kappa shape index (κ2) is 4.56. The molecule has 0 radical (unpaired) electrons. The zero-order valence-electron chi connectivity index (χ0n) is 8.26. The molecule has 0 N–H and O–H groups in total. The zero-order valence-corrected chi connectivity index (χ0v) is 9.85. The van der Waals surface area contributed by atoms with Crippen molar-refractivity contribution in [2.45, 2.75) is 27.2 Å². The lowest BCUT2D eigenvalue weighted by Crippen LogP contribution is -1.85. The quantitative estimate of drug-likeness (QED) is 0.689. The summed E-state index contributed by atoms with van der Waals surface area (Å²) in [6, 6.07) is 6.21. The summed E-state index contributed by atoms with van der Waals surface area (Å²) in [5.74, 6) is 0. The molecule has 0 heterocycles. The van der Waals surface area contributed by atoms with Crippen molar-refractivity contribution in [3.8, 4) is 0 Å². The Hall–Kier alpha value is -0.630. The molecular weight excluding hydrogens is 226 g/mol. The van der Waals surface area contributed by atoms with Crippen LogP contribution < -0.4 is 0 Å². The van der Waals surface area contributed by atoms with E-state index in [1.54, 1.807) is 0 Å². The van der Waals surface area contributed by atoms with Gasteiger partial charge in [-0.15, -0.1) is 0 Å². The highest BCUT2D eigenvalue weighted by Gasteiger charge is 1.99. The maximum absolute atomic E-state index is 4.47. The van der Waals surface area contributed by atoms with Crippen LogP contribution in [-0.4, -0.2) is 5.71 Å². The molecule has 2 heteroatoms. The van der Waals surface area contributed by atoms with Gasteiger partial charge in [0.2, 0.25) is 0 Å². The average Bonchev–Trinajstić information content (AvgIpc) is 2.07. The molecule has 0 atom stereocenters. The van der Waals surface area contributed by atoms with Gasteiger partial charge in [0.1, 0.15) is 0 Å². The Labute approximate surface area is 88.0 Å². The minimum Gasteiger partial charge on any atom is -0.258 e. The molecule has 0 saturated heterocycles. The SMILES string of the molecule is CCc1cc(Br)ccc1N=C(C)C. The summed E-state index contributed by atoms with van der Waals surface area (Å²) in [5.41, 5.74) is 3.47. The molecule has 0 fully saturated rings. The molecule has 0 aliphatic carbocycles. The van der Waals surface area contributed by atoms with Crippen molar-refractivity contribution >= 4 is 27.3 Å². The Bertz CT molecular complexity index is 325. The predicted octanol–water partition coefficient (Wildman–Crippen LogP) is 4.12. The first-order valence-corrected chi connectivity index (χ1v) is 5.23. The van der Waals surface area contributed by atoms with Crippen molar-refractivity contribution in [1.82, 2.24) is 0 Å². The summed E-state index contributed by atoms with van der Waals surface area (Å²) in [5, 5.41) is 0. The third kappa shape index (κ3) is 2.96. The van der Waals surface area contributed by atoms with Crippen molar-refractivity contribution < 1.29 is 0 Å². The highest BCUT2D eigenvalue weighted by molar-refractivity contribution is 9.10.